The number of carboxylic acid groups (broad SMARTS) is 1. The lowest BCUT2D eigenvalue weighted by molar-refractivity contribution is -0.139. The first-order valence-corrected chi connectivity index (χ1v) is 7.99. The molecule has 5 heteroatoms. The second-order valence-corrected chi connectivity index (χ2v) is 6.16. The molecule has 2 N–H and O–H groups in total. The van der Waals surface area contributed by atoms with Crippen LogP contribution in [0.3, 0.4) is 0 Å². The number of carbonyl (C=O) groups is 1. The molecule has 0 saturated carbocycles. The second kappa shape index (κ2) is 7.19. The molecule has 0 saturated heterocycles. The monoisotopic (exact) mass is 327 g/mol. The number of halogens is 2. The van der Waals surface area contributed by atoms with Gasteiger partial charge >= 0.3 is 5.97 Å². The highest BCUT2D eigenvalue weighted by Gasteiger charge is 2.22. The third-order valence-corrected chi connectivity index (χ3v) is 4.22. The molecule has 3 nitrogen and oxygen atoms in total. The summed E-state index contributed by atoms with van der Waals surface area (Å²) in [5.74, 6) is -1.33. The minimum absolute atomic E-state index is 0.524. The highest BCUT2D eigenvalue weighted by Crippen LogP contribution is 2.32. The first kappa shape index (κ1) is 16.2. The summed E-state index contributed by atoms with van der Waals surface area (Å²) in [6, 6.07) is 5.26. The Morgan fingerprint density at radius 2 is 2.00 bits per heavy atom. The predicted molar refractivity (Wildman–Crippen MR) is 87.5 cm³/mol. The van der Waals surface area contributed by atoms with Crippen molar-refractivity contribution in [3.8, 4) is 0 Å². The van der Waals surface area contributed by atoms with Gasteiger partial charge in [0.05, 0.1) is 10.9 Å². The molecule has 0 aliphatic heterocycles. The summed E-state index contributed by atoms with van der Waals surface area (Å²) in [6.07, 6.45) is 4.88. The van der Waals surface area contributed by atoms with Gasteiger partial charge in [0, 0.05) is 21.6 Å². The maximum atomic E-state index is 11.5. The normalized spacial score (nSPS) is 12.7. The summed E-state index contributed by atoms with van der Waals surface area (Å²) < 4.78 is 0. The zero-order chi connectivity index (χ0) is 15.4. The van der Waals surface area contributed by atoms with Crippen LogP contribution in [-0.4, -0.2) is 16.1 Å². The van der Waals surface area contributed by atoms with Gasteiger partial charge in [-0.25, -0.2) is 0 Å². The summed E-state index contributed by atoms with van der Waals surface area (Å²) in [7, 11) is 0. The van der Waals surface area contributed by atoms with Crippen LogP contribution in [0.15, 0.2) is 18.2 Å². The van der Waals surface area contributed by atoms with E-state index in [2.05, 4.69) is 11.9 Å². The van der Waals surface area contributed by atoms with Crippen molar-refractivity contribution in [2.45, 2.75) is 44.9 Å². The van der Waals surface area contributed by atoms with E-state index >= 15 is 0 Å². The van der Waals surface area contributed by atoms with Crippen LogP contribution in [0.2, 0.25) is 10.0 Å². The smallest absolute Gasteiger partial charge is 0.312 e. The minimum atomic E-state index is -0.805. The molecule has 1 aromatic heterocycles. The summed E-state index contributed by atoms with van der Waals surface area (Å²) in [5, 5.41) is 11.3. The van der Waals surface area contributed by atoms with Gasteiger partial charge in [0.15, 0.2) is 0 Å². The Morgan fingerprint density at radius 1 is 1.24 bits per heavy atom. The lowest BCUT2D eigenvalue weighted by Gasteiger charge is -2.10. The molecule has 0 aliphatic rings. The molecule has 0 radical (unpaired) electrons. The lowest BCUT2D eigenvalue weighted by atomic mass is 9.97. The van der Waals surface area contributed by atoms with E-state index in [4.69, 9.17) is 23.2 Å². The average molecular weight is 328 g/mol. The molecule has 0 spiro atoms. The molecular weight excluding hydrogens is 309 g/mol. The highest BCUT2D eigenvalue weighted by atomic mass is 35.5. The van der Waals surface area contributed by atoms with Crippen LogP contribution in [0.1, 0.15) is 50.6 Å². The van der Waals surface area contributed by atoms with E-state index < -0.39 is 11.9 Å². The first-order chi connectivity index (χ1) is 10.0. The average Bonchev–Trinajstić information content (AvgIpc) is 2.82. The zero-order valence-corrected chi connectivity index (χ0v) is 13.5. The largest absolute Gasteiger partial charge is 0.481 e. The second-order valence-electron chi connectivity index (χ2n) is 5.31. The van der Waals surface area contributed by atoms with E-state index in [9.17, 15) is 9.90 Å². The molecule has 2 rings (SSSR count). The molecular formula is C16H19Cl2NO2. The minimum Gasteiger partial charge on any atom is -0.481 e. The molecule has 0 bridgehead atoms. The van der Waals surface area contributed by atoms with Crippen LogP contribution >= 0.6 is 23.2 Å². The molecule has 1 aromatic carbocycles. The quantitative estimate of drug-likeness (QED) is 0.649. The standard InChI is InChI=1S/C16H19Cl2NO2/c1-2-3-4-5-6-11(16(20)21)15-9-12-13(18)7-10(17)8-14(12)19-15/h7-9,11,19H,2-6H2,1H3,(H,20,21). The number of rotatable bonds is 7. The van der Waals surface area contributed by atoms with Gasteiger partial charge in [0.2, 0.25) is 0 Å². The maximum Gasteiger partial charge on any atom is 0.312 e. The predicted octanol–water partition coefficient (Wildman–Crippen LogP) is 5.61. The Hall–Kier alpha value is -1.19. The fraction of sp³-hybridized carbons (Fsp3) is 0.438. The van der Waals surface area contributed by atoms with Crippen molar-refractivity contribution in [3.63, 3.8) is 0 Å². The zero-order valence-electron chi connectivity index (χ0n) is 12.0. The first-order valence-electron chi connectivity index (χ1n) is 7.23. The van der Waals surface area contributed by atoms with Gasteiger partial charge in [-0.15, -0.1) is 0 Å². The Bertz CT molecular complexity index is 636. The maximum absolute atomic E-state index is 11.5. The van der Waals surface area contributed by atoms with E-state index in [1.807, 2.05) is 6.07 Å². The Kier molecular flexibility index (Phi) is 5.54. The summed E-state index contributed by atoms with van der Waals surface area (Å²) >= 11 is 12.1. The van der Waals surface area contributed by atoms with Crippen LogP contribution in [0.4, 0.5) is 0 Å². The molecule has 21 heavy (non-hydrogen) atoms. The van der Waals surface area contributed by atoms with Crippen molar-refractivity contribution < 1.29 is 9.90 Å². The highest BCUT2D eigenvalue weighted by molar-refractivity contribution is 6.38. The molecule has 0 amide bonds. The fourth-order valence-corrected chi connectivity index (χ4v) is 3.10. The fourth-order valence-electron chi connectivity index (χ4n) is 2.56. The van der Waals surface area contributed by atoms with Gasteiger partial charge in [-0.05, 0) is 24.6 Å². The Labute approximate surface area is 134 Å². The van der Waals surface area contributed by atoms with Crippen molar-refractivity contribution in [2.75, 3.05) is 0 Å². The van der Waals surface area contributed by atoms with Crippen molar-refractivity contribution in [1.82, 2.24) is 4.98 Å². The van der Waals surface area contributed by atoms with E-state index in [0.717, 1.165) is 36.6 Å². The van der Waals surface area contributed by atoms with Gasteiger partial charge in [-0.3, -0.25) is 4.79 Å². The van der Waals surface area contributed by atoms with Crippen molar-refractivity contribution in [1.29, 1.82) is 0 Å². The van der Waals surface area contributed by atoms with E-state index in [1.165, 1.54) is 0 Å². The SMILES string of the molecule is CCCCCCC(C(=O)O)c1cc2c(Cl)cc(Cl)cc2[nH]1. The molecule has 114 valence electrons. The number of aromatic nitrogens is 1. The number of nitrogens with one attached hydrogen (secondary N) is 1. The van der Waals surface area contributed by atoms with E-state index in [-0.39, 0.29) is 0 Å². The van der Waals surface area contributed by atoms with Gasteiger partial charge in [-0.1, -0.05) is 55.8 Å². The molecule has 2 aromatic rings. The number of aromatic amines is 1. The van der Waals surface area contributed by atoms with Gasteiger partial charge in [0.1, 0.15) is 0 Å². The third-order valence-electron chi connectivity index (χ3n) is 3.69. The third kappa shape index (κ3) is 3.92. The topological polar surface area (TPSA) is 53.1 Å². The van der Waals surface area contributed by atoms with Crippen molar-refractivity contribution in [3.05, 3.63) is 33.9 Å². The molecule has 1 atom stereocenters. The number of fused-ring (bicyclic) bond motifs is 1. The summed E-state index contributed by atoms with van der Waals surface area (Å²) in [5.41, 5.74) is 1.47. The van der Waals surface area contributed by atoms with Gasteiger partial charge in [-0.2, -0.15) is 0 Å². The summed E-state index contributed by atoms with van der Waals surface area (Å²) in [6.45, 7) is 2.14. The van der Waals surface area contributed by atoms with Crippen LogP contribution in [0.5, 0.6) is 0 Å². The van der Waals surface area contributed by atoms with Crippen LogP contribution in [0.25, 0.3) is 10.9 Å². The van der Waals surface area contributed by atoms with Crippen molar-refractivity contribution in [2.24, 2.45) is 0 Å². The number of aliphatic carboxylic acids is 1. The molecule has 0 fully saturated rings. The molecule has 1 unspecified atom stereocenters. The molecule has 0 aliphatic carbocycles. The number of carboxylic acids is 1. The van der Waals surface area contributed by atoms with E-state index in [1.54, 1.807) is 12.1 Å². The lowest BCUT2D eigenvalue weighted by Crippen LogP contribution is -2.12. The Balaban J connectivity index is 2.24. The molecule has 1 heterocycles. The van der Waals surface area contributed by atoms with Gasteiger partial charge in [0.25, 0.3) is 0 Å². The number of H-pyrrole nitrogens is 1. The van der Waals surface area contributed by atoms with Crippen LogP contribution in [0, 0.1) is 0 Å². The van der Waals surface area contributed by atoms with Crippen molar-refractivity contribution >= 4 is 40.1 Å². The van der Waals surface area contributed by atoms with Crippen LogP contribution in [-0.2, 0) is 4.79 Å². The van der Waals surface area contributed by atoms with Gasteiger partial charge < -0.3 is 10.1 Å². The number of benzene rings is 1. The Morgan fingerprint density at radius 3 is 2.67 bits per heavy atom. The number of hydrogen-bond acceptors (Lipinski definition) is 1. The summed E-state index contributed by atoms with van der Waals surface area (Å²) in [4.78, 5) is 14.7. The number of unbranched alkanes of at least 4 members (excludes halogenated alkanes) is 3. The van der Waals surface area contributed by atoms with Crippen LogP contribution < -0.4 is 0 Å². The number of hydrogen-bond donors (Lipinski definition) is 2. The van der Waals surface area contributed by atoms with E-state index in [0.29, 0.717) is 22.2 Å².